The molecule has 0 spiro atoms. The van der Waals surface area contributed by atoms with Crippen molar-refractivity contribution in [3.05, 3.63) is 33.6 Å². The number of carbonyl (C=O) groups is 1. The lowest BCUT2D eigenvalue weighted by Crippen LogP contribution is -1.98. The fraction of sp³-hybridized carbons (Fsp3) is 0.200. The molecule has 0 radical (unpaired) electrons. The molecule has 0 fully saturated rings. The summed E-state index contributed by atoms with van der Waals surface area (Å²) in [4.78, 5) is 20.3. The molecule has 0 aliphatic rings. The summed E-state index contributed by atoms with van der Waals surface area (Å²) in [5.74, 6) is -1.82. The van der Waals surface area contributed by atoms with Crippen LogP contribution in [0.1, 0.15) is 12.0 Å². The number of hydrogen-bond acceptors (Lipinski definition) is 5. The Kier molecular flexibility index (Phi) is 4.62. The van der Waals surface area contributed by atoms with E-state index < -0.39 is 28.0 Å². The van der Waals surface area contributed by atoms with E-state index in [0.29, 0.717) is 0 Å². The minimum Gasteiger partial charge on any atom is -0.481 e. The zero-order chi connectivity index (χ0) is 13.7. The number of nitriles is 1. The van der Waals surface area contributed by atoms with E-state index in [1.807, 2.05) is 0 Å². The minimum absolute atomic E-state index is 0.0118. The van der Waals surface area contributed by atoms with Crippen LogP contribution >= 0.6 is 11.8 Å². The van der Waals surface area contributed by atoms with Crippen molar-refractivity contribution in [1.82, 2.24) is 0 Å². The number of rotatable bonds is 5. The Balaban J connectivity index is 3.02. The Hall–Kier alpha value is -2.14. The molecule has 1 rings (SSSR count). The first-order valence-corrected chi connectivity index (χ1v) is 5.67. The molecule has 1 aromatic carbocycles. The van der Waals surface area contributed by atoms with Gasteiger partial charge in [-0.3, -0.25) is 14.9 Å². The number of nitro benzene ring substituents is 1. The zero-order valence-electron chi connectivity index (χ0n) is 8.92. The first-order valence-electron chi connectivity index (χ1n) is 4.68. The molecule has 0 aliphatic carbocycles. The number of halogens is 1. The van der Waals surface area contributed by atoms with Gasteiger partial charge >= 0.3 is 5.97 Å². The zero-order valence-corrected chi connectivity index (χ0v) is 9.74. The molecule has 94 valence electrons. The van der Waals surface area contributed by atoms with Crippen LogP contribution in [0.15, 0.2) is 17.0 Å². The number of nitro groups is 1. The van der Waals surface area contributed by atoms with Crippen LogP contribution in [0.3, 0.4) is 0 Å². The van der Waals surface area contributed by atoms with Gasteiger partial charge in [0.15, 0.2) is 0 Å². The molecule has 1 N–H and O–H groups in total. The molecule has 1 aromatic rings. The average Bonchev–Trinajstić information content (AvgIpc) is 2.28. The summed E-state index contributed by atoms with van der Waals surface area (Å²) in [7, 11) is 0. The molecule has 0 bridgehead atoms. The largest absolute Gasteiger partial charge is 0.481 e. The Morgan fingerprint density at radius 3 is 2.78 bits per heavy atom. The number of nitrogens with zero attached hydrogens (tertiary/aromatic N) is 2. The molecular formula is C10H7FN2O4S. The second kappa shape index (κ2) is 5.97. The SMILES string of the molecule is N#Cc1cc([N+](=O)[O-])c(SCCC(=O)O)cc1F. The second-order valence-electron chi connectivity index (χ2n) is 3.16. The summed E-state index contributed by atoms with van der Waals surface area (Å²) in [5.41, 5.74) is -0.812. The highest BCUT2D eigenvalue weighted by atomic mass is 32.2. The second-order valence-corrected chi connectivity index (χ2v) is 4.30. The number of aliphatic carboxylic acids is 1. The number of benzene rings is 1. The van der Waals surface area contributed by atoms with Crippen molar-refractivity contribution in [1.29, 1.82) is 5.26 Å². The van der Waals surface area contributed by atoms with Crippen molar-refractivity contribution in [3.8, 4) is 6.07 Å². The van der Waals surface area contributed by atoms with Crippen LogP contribution in [0, 0.1) is 27.3 Å². The molecule has 0 aromatic heterocycles. The quantitative estimate of drug-likeness (QED) is 0.499. The van der Waals surface area contributed by atoms with Gasteiger partial charge in [-0.05, 0) is 6.07 Å². The van der Waals surface area contributed by atoms with Gasteiger partial charge in [-0.15, -0.1) is 11.8 Å². The Morgan fingerprint density at radius 2 is 2.28 bits per heavy atom. The monoisotopic (exact) mass is 270 g/mol. The maximum atomic E-state index is 13.3. The van der Waals surface area contributed by atoms with Crippen LogP contribution in [0.4, 0.5) is 10.1 Å². The van der Waals surface area contributed by atoms with Crippen molar-refractivity contribution in [2.24, 2.45) is 0 Å². The lowest BCUT2D eigenvalue weighted by Gasteiger charge is -2.03. The molecule has 0 aliphatic heterocycles. The summed E-state index contributed by atoms with van der Waals surface area (Å²) in [6.45, 7) is 0. The third-order valence-corrected chi connectivity index (χ3v) is 2.99. The van der Waals surface area contributed by atoms with Crippen molar-refractivity contribution >= 4 is 23.4 Å². The van der Waals surface area contributed by atoms with Crippen LogP contribution in [-0.4, -0.2) is 21.8 Å². The van der Waals surface area contributed by atoms with E-state index in [9.17, 15) is 19.3 Å². The van der Waals surface area contributed by atoms with Crippen molar-refractivity contribution in [2.45, 2.75) is 11.3 Å². The van der Waals surface area contributed by atoms with E-state index in [-0.39, 0.29) is 17.1 Å². The molecule has 0 unspecified atom stereocenters. The molecule has 8 heteroatoms. The van der Waals surface area contributed by atoms with Gasteiger partial charge in [0.2, 0.25) is 0 Å². The summed E-state index contributed by atoms with van der Waals surface area (Å²) in [5, 5.41) is 27.8. The predicted molar refractivity (Wildman–Crippen MR) is 60.7 cm³/mol. The topological polar surface area (TPSA) is 104 Å². The van der Waals surface area contributed by atoms with Crippen LogP contribution in [0.25, 0.3) is 0 Å². The summed E-state index contributed by atoms with van der Waals surface area (Å²) >= 11 is 0.865. The molecule has 0 heterocycles. The minimum atomic E-state index is -1.04. The van der Waals surface area contributed by atoms with Gasteiger partial charge < -0.3 is 5.11 Å². The Labute approximate surface area is 105 Å². The number of thioether (sulfide) groups is 1. The average molecular weight is 270 g/mol. The van der Waals surface area contributed by atoms with E-state index in [1.54, 1.807) is 0 Å². The molecule has 0 saturated carbocycles. The Bertz CT molecular complexity index is 541. The van der Waals surface area contributed by atoms with E-state index in [0.717, 1.165) is 23.9 Å². The smallest absolute Gasteiger partial charge is 0.304 e. The van der Waals surface area contributed by atoms with Gasteiger partial charge in [-0.25, -0.2) is 4.39 Å². The van der Waals surface area contributed by atoms with Crippen LogP contribution < -0.4 is 0 Å². The molecular weight excluding hydrogens is 263 g/mol. The highest BCUT2D eigenvalue weighted by Gasteiger charge is 2.18. The van der Waals surface area contributed by atoms with E-state index in [4.69, 9.17) is 10.4 Å². The lowest BCUT2D eigenvalue weighted by atomic mass is 10.2. The standard InChI is InChI=1S/C10H7FN2O4S/c11-7-4-9(18-2-1-10(14)15)8(13(16)17)3-6(7)5-12/h3-4H,1-2H2,(H,14,15). The van der Waals surface area contributed by atoms with Crippen LogP contribution in [-0.2, 0) is 4.79 Å². The Morgan fingerprint density at radius 1 is 1.61 bits per heavy atom. The van der Waals surface area contributed by atoms with Gasteiger partial charge in [0.05, 0.1) is 21.8 Å². The molecule has 0 atom stereocenters. The highest BCUT2D eigenvalue weighted by Crippen LogP contribution is 2.31. The predicted octanol–water partition coefficient (Wildman–Crippen LogP) is 2.17. The molecule has 6 nitrogen and oxygen atoms in total. The van der Waals surface area contributed by atoms with E-state index in [1.165, 1.54) is 6.07 Å². The third-order valence-electron chi connectivity index (χ3n) is 1.94. The van der Waals surface area contributed by atoms with E-state index >= 15 is 0 Å². The molecule has 18 heavy (non-hydrogen) atoms. The maximum Gasteiger partial charge on any atom is 0.304 e. The molecule has 0 amide bonds. The fourth-order valence-corrected chi connectivity index (χ4v) is 2.10. The van der Waals surface area contributed by atoms with Crippen LogP contribution in [0.5, 0.6) is 0 Å². The van der Waals surface area contributed by atoms with Crippen molar-refractivity contribution in [3.63, 3.8) is 0 Å². The lowest BCUT2D eigenvalue weighted by molar-refractivity contribution is -0.387. The van der Waals surface area contributed by atoms with Gasteiger partial charge in [0.1, 0.15) is 11.9 Å². The van der Waals surface area contributed by atoms with Gasteiger partial charge in [0.25, 0.3) is 5.69 Å². The first kappa shape index (κ1) is 13.9. The van der Waals surface area contributed by atoms with Gasteiger partial charge in [-0.2, -0.15) is 5.26 Å². The summed E-state index contributed by atoms with van der Waals surface area (Å²) < 4.78 is 13.3. The number of hydrogen-bond donors (Lipinski definition) is 1. The maximum absolute atomic E-state index is 13.3. The van der Waals surface area contributed by atoms with Gasteiger partial charge in [0, 0.05) is 11.8 Å². The van der Waals surface area contributed by atoms with E-state index in [2.05, 4.69) is 0 Å². The number of carboxylic acid groups (broad SMARTS) is 1. The summed E-state index contributed by atoms with van der Waals surface area (Å²) in [6, 6.07) is 3.23. The summed E-state index contributed by atoms with van der Waals surface area (Å²) in [6.07, 6.45) is -0.191. The normalized spacial score (nSPS) is 9.78. The van der Waals surface area contributed by atoms with Crippen molar-refractivity contribution in [2.75, 3.05) is 5.75 Å². The van der Waals surface area contributed by atoms with Gasteiger partial charge in [-0.1, -0.05) is 0 Å². The molecule has 0 saturated heterocycles. The third kappa shape index (κ3) is 3.43. The highest BCUT2D eigenvalue weighted by molar-refractivity contribution is 7.99. The number of carboxylic acids is 1. The first-order chi connectivity index (χ1) is 8.45. The van der Waals surface area contributed by atoms with Crippen LogP contribution in [0.2, 0.25) is 0 Å². The fourth-order valence-electron chi connectivity index (χ4n) is 1.14. The van der Waals surface area contributed by atoms with Crippen molar-refractivity contribution < 1.29 is 19.2 Å².